The van der Waals surface area contributed by atoms with Gasteiger partial charge in [-0.3, -0.25) is 4.79 Å². The molecule has 0 bridgehead atoms. The molecule has 6 heteroatoms. The molecule has 20 heavy (non-hydrogen) atoms. The molecule has 2 rings (SSSR count). The lowest BCUT2D eigenvalue weighted by Gasteiger charge is -2.37. The monoisotopic (exact) mass is 294 g/mol. The largest absolute Gasteiger partial charge is 0.481 e. The summed E-state index contributed by atoms with van der Waals surface area (Å²) in [6, 6.07) is 7.13. The van der Waals surface area contributed by atoms with Gasteiger partial charge in [-0.15, -0.1) is 11.8 Å². The Morgan fingerprint density at radius 1 is 1.35 bits per heavy atom. The van der Waals surface area contributed by atoms with Crippen LogP contribution >= 0.6 is 11.8 Å². The summed E-state index contributed by atoms with van der Waals surface area (Å²) < 4.78 is 0. The normalized spacial score (nSPS) is 16.1. The Labute approximate surface area is 122 Å². The van der Waals surface area contributed by atoms with Crippen LogP contribution in [0.1, 0.15) is 19.3 Å². The first kappa shape index (κ1) is 14.7. The van der Waals surface area contributed by atoms with E-state index in [-0.39, 0.29) is 12.6 Å². The number of carbonyl (C=O) groups excluding carboxylic acids is 1. The van der Waals surface area contributed by atoms with E-state index in [1.165, 1.54) is 0 Å². The van der Waals surface area contributed by atoms with Gasteiger partial charge in [-0.2, -0.15) is 0 Å². The highest BCUT2D eigenvalue weighted by Gasteiger charge is 2.44. The fourth-order valence-corrected chi connectivity index (χ4v) is 2.79. The summed E-state index contributed by atoms with van der Waals surface area (Å²) in [5, 5.41) is 14.6. The molecular formula is C14H18N2O3S. The summed E-state index contributed by atoms with van der Waals surface area (Å²) in [6.45, 7) is 0.176. The van der Waals surface area contributed by atoms with Crippen LogP contribution < -0.4 is 10.6 Å². The molecule has 0 atom stereocenters. The third-order valence-electron chi connectivity index (χ3n) is 3.71. The van der Waals surface area contributed by atoms with Crippen LogP contribution in [-0.4, -0.2) is 29.9 Å². The molecule has 1 aliphatic rings. The van der Waals surface area contributed by atoms with Crippen molar-refractivity contribution in [2.24, 2.45) is 5.41 Å². The van der Waals surface area contributed by atoms with E-state index in [4.69, 9.17) is 0 Å². The Kier molecular flexibility index (Phi) is 4.54. The fourth-order valence-electron chi connectivity index (χ4n) is 2.23. The number of amides is 2. The van der Waals surface area contributed by atoms with Crippen molar-refractivity contribution >= 4 is 29.4 Å². The number of rotatable bonds is 5. The third kappa shape index (κ3) is 3.07. The van der Waals surface area contributed by atoms with Gasteiger partial charge in [0, 0.05) is 11.4 Å². The molecule has 0 heterocycles. The number of benzene rings is 1. The van der Waals surface area contributed by atoms with E-state index in [9.17, 15) is 14.7 Å². The average Bonchev–Trinajstić information content (AvgIpc) is 2.37. The van der Waals surface area contributed by atoms with Crippen molar-refractivity contribution in [3.8, 4) is 0 Å². The number of thioether (sulfide) groups is 1. The quantitative estimate of drug-likeness (QED) is 0.730. The molecule has 0 spiro atoms. The molecular weight excluding hydrogens is 276 g/mol. The second kappa shape index (κ2) is 6.17. The molecule has 0 radical (unpaired) electrons. The van der Waals surface area contributed by atoms with E-state index in [0.717, 1.165) is 17.0 Å². The molecule has 0 aliphatic heterocycles. The summed E-state index contributed by atoms with van der Waals surface area (Å²) in [5.41, 5.74) is -0.0356. The molecule has 2 amide bonds. The van der Waals surface area contributed by atoms with Crippen LogP contribution in [0, 0.1) is 5.41 Å². The van der Waals surface area contributed by atoms with E-state index < -0.39 is 11.4 Å². The van der Waals surface area contributed by atoms with Gasteiger partial charge in [-0.25, -0.2) is 4.79 Å². The van der Waals surface area contributed by atoms with Gasteiger partial charge in [0.25, 0.3) is 0 Å². The topological polar surface area (TPSA) is 78.4 Å². The van der Waals surface area contributed by atoms with Crippen LogP contribution in [0.25, 0.3) is 0 Å². The van der Waals surface area contributed by atoms with E-state index in [0.29, 0.717) is 12.8 Å². The smallest absolute Gasteiger partial charge is 0.319 e. The minimum Gasteiger partial charge on any atom is -0.481 e. The van der Waals surface area contributed by atoms with Crippen molar-refractivity contribution in [3.05, 3.63) is 24.3 Å². The number of carboxylic acid groups (broad SMARTS) is 1. The second-order valence-corrected chi connectivity index (χ2v) is 5.80. The molecule has 3 N–H and O–H groups in total. The van der Waals surface area contributed by atoms with Gasteiger partial charge in [0.05, 0.1) is 11.1 Å². The van der Waals surface area contributed by atoms with E-state index in [1.807, 2.05) is 30.5 Å². The molecule has 5 nitrogen and oxygen atoms in total. The predicted molar refractivity (Wildman–Crippen MR) is 79.2 cm³/mol. The lowest BCUT2D eigenvalue weighted by molar-refractivity contribution is -0.153. The lowest BCUT2D eigenvalue weighted by Crippen LogP contribution is -2.48. The zero-order valence-electron chi connectivity index (χ0n) is 11.3. The predicted octanol–water partition coefficient (Wildman–Crippen LogP) is 2.78. The first-order valence-electron chi connectivity index (χ1n) is 6.49. The van der Waals surface area contributed by atoms with Crippen LogP contribution in [0.4, 0.5) is 10.5 Å². The molecule has 1 aliphatic carbocycles. The van der Waals surface area contributed by atoms with Gasteiger partial charge in [0.15, 0.2) is 0 Å². The second-order valence-electron chi connectivity index (χ2n) is 4.95. The standard InChI is InChI=1S/C14H18N2O3S/c1-20-11-6-3-2-5-10(11)16-13(19)15-9-14(12(17)18)7-4-8-14/h2-3,5-6H,4,7-9H2,1H3,(H,17,18)(H2,15,16,19). The molecule has 1 aromatic rings. The lowest BCUT2D eigenvalue weighted by atomic mass is 9.69. The summed E-state index contributed by atoms with van der Waals surface area (Å²) >= 11 is 1.55. The number of hydrogen-bond donors (Lipinski definition) is 3. The Hall–Kier alpha value is -1.69. The minimum atomic E-state index is -0.825. The number of carboxylic acids is 1. The zero-order chi connectivity index (χ0) is 14.6. The maximum absolute atomic E-state index is 11.9. The van der Waals surface area contributed by atoms with Gasteiger partial charge in [-0.05, 0) is 31.2 Å². The highest BCUT2D eigenvalue weighted by Crippen LogP contribution is 2.40. The third-order valence-corrected chi connectivity index (χ3v) is 4.50. The number of hydrogen-bond acceptors (Lipinski definition) is 3. The highest BCUT2D eigenvalue weighted by molar-refractivity contribution is 7.98. The number of urea groups is 1. The van der Waals surface area contributed by atoms with Crippen molar-refractivity contribution in [2.75, 3.05) is 18.1 Å². The van der Waals surface area contributed by atoms with Crippen LogP contribution in [-0.2, 0) is 4.79 Å². The SMILES string of the molecule is CSc1ccccc1NC(=O)NCC1(C(=O)O)CCC1. The van der Waals surface area contributed by atoms with Gasteiger partial charge in [-0.1, -0.05) is 18.6 Å². The van der Waals surface area contributed by atoms with Gasteiger partial charge < -0.3 is 15.7 Å². The first-order valence-corrected chi connectivity index (χ1v) is 7.71. The van der Waals surface area contributed by atoms with E-state index in [2.05, 4.69) is 10.6 Å². The maximum atomic E-state index is 11.9. The van der Waals surface area contributed by atoms with Crippen molar-refractivity contribution in [2.45, 2.75) is 24.2 Å². The van der Waals surface area contributed by atoms with Gasteiger partial charge in [0.2, 0.25) is 0 Å². The van der Waals surface area contributed by atoms with Crippen molar-refractivity contribution in [1.82, 2.24) is 5.32 Å². The highest BCUT2D eigenvalue weighted by atomic mass is 32.2. The molecule has 1 saturated carbocycles. The Bertz CT molecular complexity index is 515. The van der Waals surface area contributed by atoms with Crippen LogP contribution in [0.2, 0.25) is 0 Å². The molecule has 1 aromatic carbocycles. The molecule has 1 fully saturated rings. The van der Waals surface area contributed by atoms with E-state index >= 15 is 0 Å². The minimum absolute atomic E-state index is 0.176. The Morgan fingerprint density at radius 3 is 2.60 bits per heavy atom. The number of carbonyl (C=O) groups is 2. The van der Waals surface area contributed by atoms with Crippen molar-refractivity contribution in [1.29, 1.82) is 0 Å². The number of aliphatic carboxylic acids is 1. The molecule has 0 unspecified atom stereocenters. The molecule has 108 valence electrons. The summed E-state index contributed by atoms with van der Waals surface area (Å²) in [5.74, 6) is -0.825. The first-order chi connectivity index (χ1) is 9.57. The van der Waals surface area contributed by atoms with Crippen molar-refractivity contribution < 1.29 is 14.7 Å². The van der Waals surface area contributed by atoms with Gasteiger partial charge in [0.1, 0.15) is 0 Å². The number of para-hydroxylation sites is 1. The maximum Gasteiger partial charge on any atom is 0.319 e. The molecule has 0 saturated heterocycles. The number of anilines is 1. The Morgan fingerprint density at radius 2 is 2.05 bits per heavy atom. The Balaban J connectivity index is 1.91. The summed E-state index contributed by atoms with van der Waals surface area (Å²) in [6.07, 6.45) is 4.10. The number of nitrogens with one attached hydrogen (secondary N) is 2. The van der Waals surface area contributed by atoms with Crippen LogP contribution in [0.3, 0.4) is 0 Å². The van der Waals surface area contributed by atoms with Crippen molar-refractivity contribution in [3.63, 3.8) is 0 Å². The average molecular weight is 294 g/mol. The fraction of sp³-hybridized carbons (Fsp3) is 0.429. The summed E-state index contributed by atoms with van der Waals surface area (Å²) in [7, 11) is 0. The zero-order valence-corrected chi connectivity index (χ0v) is 12.1. The van der Waals surface area contributed by atoms with Crippen LogP contribution in [0.15, 0.2) is 29.2 Å². The van der Waals surface area contributed by atoms with E-state index in [1.54, 1.807) is 11.8 Å². The summed E-state index contributed by atoms with van der Waals surface area (Å²) in [4.78, 5) is 24.0. The van der Waals surface area contributed by atoms with Crippen LogP contribution in [0.5, 0.6) is 0 Å². The van der Waals surface area contributed by atoms with Gasteiger partial charge >= 0.3 is 12.0 Å². The molecule has 0 aromatic heterocycles.